The monoisotopic (exact) mass is 570 g/mol. The Morgan fingerprint density at radius 3 is 2.56 bits per heavy atom. The second kappa shape index (κ2) is 10.3. The van der Waals surface area contributed by atoms with Crippen LogP contribution in [0.5, 0.6) is 0 Å². The van der Waals surface area contributed by atoms with Crippen molar-refractivity contribution in [3.63, 3.8) is 0 Å². The van der Waals surface area contributed by atoms with Gasteiger partial charge in [-0.1, -0.05) is 23.7 Å². The zero-order valence-electron chi connectivity index (χ0n) is 23.3. The van der Waals surface area contributed by atoms with E-state index in [9.17, 15) is 19.6 Å². The highest BCUT2D eigenvalue weighted by Crippen LogP contribution is 2.36. The predicted molar refractivity (Wildman–Crippen MR) is 154 cm³/mol. The van der Waals surface area contributed by atoms with E-state index in [1.165, 1.54) is 6.07 Å². The highest BCUT2D eigenvalue weighted by atomic mass is 35.5. The maximum Gasteiger partial charge on any atom is 0.273 e. The smallest absolute Gasteiger partial charge is 0.273 e. The standard InChI is InChI=1S/C31H31ClN6O3/c1-18-13-27-25(17-36(18)30(40)22-8-11-26(32)23(14-22)15-33)29-31(41)37(16-19(2)38(29)34-27)20(3)21-6-9-24(10-7-21)35-12-4-5-28(35)39/h6-11,14,18-20H,4-5,12-13,16-17H2,1-3H3/t18-,19-,20+/m1/s1. The summed E-state index contributed by atoms with van der Waals surface area (Å²) in [5.41, 5.74) is 4.67. The zero-order chi connectivity index (χ0) is 29.0. The Morgan fingerprint density at radius 2 is 1.88 bits per heavy atom. The van der Waals surface area contributed by atoms with Gasteiger partial charge in [-0.2, -0.15) is 10.4 Å². The molecule has 1 aromatic heterocycles. The molecule has 10 heteroatoms. The molecule has 3 aromatic rings. The SMILES string of the molecule is C[C@@H]1Cc2nn3c(c2CN1C(=O)c1ccc(Cl)c(C#N)c1)C(=O)N([C@@H](C)c1ccc(N2CCCC2=O)cc1)C[C@H]3C. The summed E-state index contributed by atoms with van der Waals surface area (Å²) >= 11 is 6.09. The van der Waals surface area contributed by atoms with Gasteiger partial charge in [0.05, 0.1) is 34.9 Å². The molecule has 3 atom stereocenters. The number of rotatable bonds is 4. The maximum atomic E-state index is 14.0. The molecule has 3 aliphatic heterocycles. The van der Waals surface area contributed by atoms with Gasteiger partial charge in [0.15, 0.2) is 0 Å². The number of benzene rings is 2. The van der Waals surface area contributed by atoms with E-state index in [0.717, 1.165) is 35.5 Å². The lowest BCUT2D eigenvalue weighted by Gasteiger charge is -2.37. The van der Waals surface area contributed by atoms with Crippen LogP contribution in [0.3, 0.4) is 0 Å². The van der Waals surface area contributed by atoms with Crippen LogP contribution in [0.1, 0.15) is 88.9 Å². The zero-order valence-corrected chi connectivity index (χ0v) is 24.1. The molecule has 6 rings (SSSR count). The van der Waals surface area contributed by atoms with Crippen molar-refractivity contribution >= 4 is 35.0 Å². The van der Waals surface area contributed by atoms with E-state index in [1.807, 2.05) is 58.7 Å². The highest BCUT2D eigenvalue weighted by molar-refractivity contribution is 6.31. The largest absolute Gasteiger partial charge is 0.331 e. The highest BCUT2D eigenvalue weighted by Gasteiger charge is 2.40. The normalized spacial score (nSPS) is 21.0. The number of nitriles is 1. The van der Waals surface area contributed by atoms with E-state index in [2.05, 4.69) is 6.92 Å². The van der Waals surface area contributed by atoms with Gasteiger partial charge in [0, 0.05) is 48.8 Å². The number of hydrogen-bond acceptors (Lipinski definition) is 5. The fourth-order valence-corrected chi connectivity index (χ4v) is 6.40. The van der Waals surface area contributed by atoms with Gasteiger partial charge in [-0.05, 0) is 63.1 Å². The molecule has 0 unspecified atom stereocenters. The van der Waals surface area contributed by atoms with Crippen LogP contribution in [0.4, 0.5) is 5.69 Å². The molecule has 9 nitrogen and oxygen atoms in total. The first-order chi connectivity index (χ1) is 19.7. The molecule has 0 N–H and O–H groups in total. The molecule has 0 saturated carbocycles. The Balaban J connectivity index is 1.27. The number of carbonyl (C=O) groups is 3. The van der Waals surface area contributed by atoms with E-state index in [1.54, 1.807) is 17.0 Å². The van der Waals surface area contributed by atoms with Gasteiger partial charge in [0.25, 0.3) is 11.8 Å². The topological polar surface area (TPSA) is 103 Å². The molecule has 3 amide bonds. The van der Waals surface area contributed by atoms with Crippen molar-refractivity contribution in [3.8, 4) is 6.07 Å². The third-order valence-corrected chi connectivity index (χ3v) is 8.94. The summed E-state index contributed by atoms with van der Waals surface area (Å²) in [5.74, 6) is -0.176. The van der Waals surface area contributed by atoms with Crippen molar-refractivity contribution in [2.75, 3.05) is 18.0 Å². The van der Waals surface area contributed by atoms with Crippen LogP contribution in [0.2, 0.25) is 5.02 Å². The Kier molecular flexibility index (Phi) is 6.82. The van der Waals surface area contributed by atoms with Crippen molar-refractivity contribution in [1.29, 1.82) is 5.26 Å². The van der Waals surface area contributed by atoms with Crippen molar-refractivity contribution in [2.24, 2.45) is 0 Å². The van der Waals surface area contributed by atoms with Crippen LogP contribution < -0.4 is 4.90 Å². The molecule has 0 radical (unpaired) electrons. The molecular formula is C31H31ClN6O3. The van der Waals surface area contributed by atoms with Gasteiger partial charge >= 0.3 is 0 Å². The molecule has 0 bridgehead atoms. The second-order valence-corrected chi connectivity index (χ2v) is 11.6. The van der Waals surface area contributed by atoms with Gasteiger partial charge in [0.1, 0.15) is 11.8 Å². The molecule has 3 aliphatic rings. The number of hydrogen-bond donors (Lipinski definition) is 0. The molecule has 41 heavy (non-hydrogen) atoms. The van der Waals surface area contributed by atoms with Crippen molar-refractivity contribution in [3.05, 3.63) is 81.1 Å². The van der Waals surface area contributed by atoms with Gasteiger partial charge in [-0.25, -0.2) is 0 Å². The molecule has 2 aromatic carbocycles. The average Bonchev–Trinajstić information content (AvgIpc) is 3.57. The molecule has 0 aliphatic carbocycles. The minimum Gasteiger partial charge on any atom is -0.331 e. The average molecular weight is 571 g/mol. The van der Waals surface area contributed by atoms with Gasteiger partial charge < -0.3 is 14.7 Å². The first-order valence-electron chi connectivity index (χ1n) is 14.0. The molecule has 0 spiro atoms. The number of nitrogens with zero attached hydrogens (tertiary/aromatic N) is 6. The Bertz CT molecular complexity index is 1610. The van der Waals surface area contributed by atoms with Crippen LogP contribution in [0.15, 0.2) is 42.5 Å². The first kappa shape index (κ1) is 27.0. The summed E-state index contributed by atoms with van der Waals surface area (Å²) in [6, 6.07) is 14.3. The lowest BCUT2D eigenvalue weighted by atomic mass is 9.96. The number of aromatic nitrogens is 2. The summed E-state index contributed by atoms with van der Waals surface area (Å²) in [5, 5.41) is 14.5. The number of amides is 3. The van der Waals surface area contributed by atoms with Crippen LogP contribution in [-0.2, 0) is 17.8 Å². The minimum absolute atomic E-state index is 0.0360. The van der Waals surface area contributed by atoms with E-state index in [0.29, 0.717) is 35.7 Å². The number of fused-ring (bicyclic) bond motifs is 3. The lowest BCUT2D eigenvalue weighted by Crippen LogP contribution is -2.45. The van der Waals surface area contributed by atoms with Gasteiger partial charge in [0.2, 0.25) is 5.91 Å². The van der Waals surface area contributed by atoms with Crippen molar-refractivity contribution in [2.45, 2.75) is 64.7 Å². The number of anilines is 1. The van der Waals surface area contributed by atoms with E-state index < -0.39 is 0 Å². The molecule has 4 heterocycles. The van der Waals surface area contributed by atoms with Crippen LogP contribution in [0.25, 0.3) is 0 Å². The Morgan fingerprint density at radius 1 is 1.12 bits per heavy atom. The molecule has 210 valence electrons. The molecule has 1 fully saturated rings. The minimum atomic E-state index is -0.214. The van der Waals surface area contributed by atoms with E-state index in [4.69, 9.17) is 16.7 Å². The summed E-state index contributed by atoms with van der Waals surface area (Å²) < 4.78 is 1.83. The lowest BCUT2D eigenvalue weighted by molar-refractivity contribution is -0.117. The van der Waals surface area contributed by atoms with Crippen LogP contribution in [-0.4, -0.2) is 56.4 Å². The third kappa shape index (κ3) is 4.56. The maximum absolute atomic E-state index is 14.0. The summed E-state index contributed by atoms with van der Waals surface area (Å²) in [4.78, 5) is 45.2. The van der Waals surface area contributed by atoms with E-state index in [-0.39, 0.29) is 48.0 Å². The Labute approximate surface area is 243 Å². The van der Waals surface area contributed by atoms with Gasteiger partial charge in [-0.15, -0.1) is 0 Å². The predicted octanol–water partition coefficient (Wildman–Crippen LogP) is 4.90. The fourth-order valence-electron chi connectivity index (χ4n) is 6.24. The third-order valence-electron chi connectivity index (χ3n) is 8.61. The van der Waals surface area contributed by atoms with Crippen molar-refractivity contribution in [1.82, 2.24) is 19.6 Å². The molecular weight excluding hydrogens is 540 g/mol. The second-order valence-electron chi connectivity index (χ2n) is 11.2. The van der Waals surface area contributed by atoms with E-state index >= 15 is 0 Å². The fraction of sp³-hybridized carbons (Fsp3) is 0.387. The van der Waals surface area contributed by atoms with Crippen LogP contribution >= 0.6 is 11.6 Å². The van der Waals surface area contributed by atoms with Gasteiger partial charge in [-0.3, -0.25) is 19.1 Å². The number of carbonyl (C=O) groups excluding carboxylic acids is 3. The van der Waals surface area contributed by atoms with Crippen molar-refractivity contribution < 1.29 is 14.4 Å². The summed E-state index contributed by atoms with van der Waals surface area (Å²) in [6.07, 6.45) is 1.99. The number of halogens is 1. The Hall–Kier alpha value is -4.16. The molecule has 1 saturated heterocycles. The quantitative estimate of drug-likeness (QED) is 0.444. The summed E-state index contributed by atoms with van der Waals surface area (Å²) in [7, 11) is 0. The van der Waals surface area contributed by atoms with Crippen LogP contribution in [0, 0.1) is 11.3 Å². The first-order valence-corrected chi connectivity index (χ1v) is 14.4. The summed E-state index contributed by atoms with van der Waals surface area (Å²) in [6.45, 7) is 7.55.